The van der Waals surface area contributed by atoms with Gasteiger partial charge in [-0.05, 0) is 36.4 Å². The van der Waals surface area contributed by atoms with E-state index in [2.05, 4.69) is 10.3 Å². The average Bonchev–Trinajstić information content (AvgIpc) is 2.40. The highest BCUT2D eigenvalue weighted by Crippen LogP contribution is 2.13. The van der Waals surface area contributed by atoms with Crippen LogP contribution in [0.15, 0.2) is 47.5 Å². The van der Waals surface area contributed by atoms with Crippen LogP contribution in [0.1, 0.15) is 10.4 Å². The lowest BCUT2D eigenvalue weighted by Gasteiger charge is -2.05. The first kappa shape index (κ1) is 14.4. The van der Waals surface area contributed by atoms with E-state index < -0.39 is 15.9 Å². The molecule has 0 unspecified atom stereocenters. The number of carbonyl (C=O) groups is 1. The average molecular weight is 312 g/mol. The van der Waals surface area contributed by atoms with Crippen molar-refractivity contribution in [2.75, 3.05) is 5.32 Å². The largest absolute Gasteiger partial charge is 0.321 e. The summed E-state index contributed by atoms with van der Waals surface area (Å²) in [6.07, 6.45) is 1.42. The van der Waals surface area contributed by atoms with Gasteiger partial charge in [-0.2, -0.15) is 0 Å². The van der Waals surface area contributed by atoms with Gasteiger partial charge in [0.25, 0.3) is 5.91 Å². The third-order valence-corrected chi connectivity index (χ3v) is 3.58. The van der Waals surface area contributed by atoms with Crippen molar-refractivity contribution in [2.45, 2.75) is 4.90 Å². The molecular weight excluding hydrogens is 302 g/mol. The van der Waals surface area contributed by atoms with E-state index in [9.17, 15) is 13.2 Å². The van der Waals surface area contributed by atoms with Crippen LogP contribution in [-0.4, -0.2) is 19.3 Å². The number of carbonyl (C=O) groups excluding carboxylic acids is 1. The van der Waals surface area contributed by atoms with Crippen LogP contribution in [0.4, 0.5) is 5.69 Å². The van der Waals surface area contributed by atoms with Crippen LogP contribution in [0.25, 0.3) is 0 Å². The van der Waals surface area contributed by atoms with Crippen molar-refractivity contribution in [3.63, 3.8) is 0 Å². The summed E-state index contributed by atoms with van der Waals surface area (Å²) in [5, 5.41) is 7.89. The van der Waals surface area contributed by atoms with Crippen LogP contribution in [0.3, 0.4) is 0 Å². The third kappa shape index (κ3) is 3.53. The first-order chi connectivity index (χ1) is 9.36. The van der Waals surface area contributed by atoms with Gasteiger partial charge in [-0.3, -0.25) is 4.79 Å². The number of benzene rings is 1. The van der Waals surface area contributed by atoms with Gasteiger partial charge in [-0.1, -0.05) is 11.6 Å². The van der Waals surface area contributed by atoms with Gasteiger partial charge in [-0.15, -0.1) is 0 Å². The predicted octanol–water partition coefficient (Wildman–Crippen LogP) is 1.63. The van der Waals surface area contributed by atoms with Gasteiger partial charge in [0.05, 0.1) is 16.8 Å². The zero-order chi connectivity index (χ0) is 14.8. The lowest BCUT2D eigenvalue weighted by molar-refractivity contribution is 0.102. The first-order valence-electron chi connectivity index (χ1n) is 5.42. The number of nitrogens with two attached hydrogens (primary N) is 1. The van der Waals surface area contributed by atoms with Crippen LogP contribution >= 0.6 is 11.6 Å². The quantitative estimate of drug-likeness (QED) is 0.841. The molecule has 0 aliphatic carbocycles. The molecule has 3 N–H and O–H groups in total. The molecule has 1 heterocycles. The van der Waals surface area contributed by atoms with E-state index in [4.69, 9.17) is 16.7 Å². The molecule has 0 saturated heterocycles. The molecule has 0 aliphatic rings. The molecular formula is C12H10ClN3O3S. The van der Waals surface area contributed by atoms with Crippen molar-refractivity contribution in [1.29, 1.82) is 0 Å². The number of primary sulfonamides is 1. The van der Waals surface area contributed by atoms with Gasteiger partial charge >= 0.3 is 0 Å². The minimum atomic E-state index is -3.77. The summed E-state index contributed by atoms with van der Waals surface area (Å²) in [5.74, 6) is -0.393. The van der Waals surface area contributed by atoms with Crippen LogP contribution in [0.5, 0.6) is 0 Å². The molecule has 0 saturated carbocycles. The number of aromatic nitrogens is 1. The Bertz CT molecular complexity index is 728. The maximum Gasteiger partial charge on any atom is 0.255 e. The number of nitrogens with zero attached hydrogens (tertiary/aromatic N) is 1. The monoisotopic (exact) mass is 311 g/mol. The third-order valence-electron chi connectivity index (χ3n) is 2.43. The number of pyridine rings is 1. The standard InChI is InChI=1S/C12H10ClN3O3S/c13-11-6-3-9(7-15-11)16-12(17)8-1-4-10(5-2-8)20(14,18)19/h1-7H,(H,16,17)(H2,14,18,19). The Kier molecular flexibility index (Phi) is 4.03. The summed E-state index contributed by atoms with van der Waals surface area (Å²) < 4.78 is 22.2. The van der Waals surface area contributed by atoms with Crippen LogP contribution in [-0.2, 0) is 10.0 Å². The number of hydrogen-bond donors (Lipinski definition) is 2. The Morgan fingerprint density at radius 3 is 2.30 bits per heavy atom. The fraction of sp³-hybridized carbons (Fsp3) is 0. The van der Waals surface area contributed by atoms with Gasteiger partial charge in [0.2, 0.25) is 10.0 Å². The lowest BCUT2D eigenvalue weighted by atomic mass is 10.2. The van der Waals surface area contributed by atoms with E-state index in [1.54, 1.807) is 12.1 Å². The van der Waals surface area contributed by atoms with Crippen molar-refractivity contribution >= 4 is 33.2 Å². The fourth-order valence-electron chi connectivity index (χ4n) is 1.45. The van der Waals surface area contributed by atoms with Crippen molar-refractivity contribution in [3.8, 4) is 0 Å². The van der Waals surface area contributed by atoms with E-state index in [-0.39, 0.29) is 4.90 Å². The van der Waals surface area contributed by atoms with E-state index in [0.29, 0.717) is 16.4 Å². The Morgan fingerprint density at radius 2 is 1.80 bits per heavy atom. The highest BCUT2D eigenvalue weighted by atomic mass is 35.5. The van der Waals surface area contributed by atoms with Gasteiger partial charge < -0.3 is 5.32 Å². The number of nitrogens with one attached hydrogen (secondary N) is 1. The number of amides is 1. The van der Waals surface area contributed by atoms with Gasteiger partial charge in [-0.25, -0.2) is 18.5 Å². The number of halogens is 1. The molecule has 0 radical (unpaired) electrons. The molecule has 0 spiro atoms. The molecule has 1 aromatic heterocycles. The molecule has 1 aromatic carbocycles. The van der Waals surface area contributed by atoms with Crippen molar-refractivity contribution in [1.82, 2.24) is 4.98 Å². The minimum Gasteiger partial charge on any atom is -0.321 e. The summed E-state index contributed by atoms with van der Waals surface area (Å²) in [7, 11) is -3.77. The Labute approximate surface area is 120 Å². The fourth-order valence-corrected chi connectivity index (χ4v) is 2.08. The molecule has 2 aromatic rings. The number of rotatable bonds is 3. The summed E-state index contributed by atoms with van der Waals surface area (Å²) in [5.41, 5.74) is 0.780. The normalized spacial score (nSPS) is 11.1. The summed E-state index contributed by atoms with van der Waals surface area (Å²) in [6, 6.07) is 8.43. The van der Waals surface area contributed by atoms with Crippen molar-refractivity contribution in [3.05, 3.63) is 53.3 Å². The molecule has 6 nitrogen and oxygen atoms in total. The summed E-state index contributed by atoms with van der Waals surface area (Å²) in [6.45, 7) is 0. The van der Waals surface area contributed by atoms with Gasteiger partial charge in [0.15, 0.2) is 0 Å². The maximum absolute atomic E-state index is 11.9. The number of anilines is 1. The minimum absolute atomic E-state index is 0.0535. The highest BCUT2D eigenvalue weighted by Gasteiger charge is 2.10. The van der Waals surface area contributed by atoms with E-state index in [0.717, 1.165) is 0 Å². The molecule has 20 heavy (non-hydrogen) atoms. The molecule has 0 atom stereocenters. The zero-order valence-corrected chi connectivity index (χ0v) is 11.6. The van der Waals surface area contributed by atoms with E-state index >= 15 is 0 Å². The second-order valence-electron chi connectivity index (χ2n) is 3.89. The van der Waals surface area contributed by atoms with Crippen molar-refractivity contribution < 1.29 is 13.2 Å². The van der Waals surface area contributed by atoms with Crippen molar-refractivity contribution in [2.24, 2.45) is 5.14 Å². The first-order valence-corrected chi connectivity index (χ1v) is 7.34. The van der Waals surface area contributed by atoms with Crippen LogP contribution in [0.2, 0.25) is 5.15 Å². The Morgan fingerprint density at radius 1 is 1.15 bits per heavy atom. The molecule has 1 amide bonds. The smallest absolute Gasteiger partial charge is 0.255 e. The Balaban J connectivity index is 2.15. The Hall–Kier alpha value is -1.96. The van der Waals surface area contributed by atoms with Crippen LogP contribution < -0.4 is 10.5 Å². The summed E-state index contributed by atoms with van der Waals surface area (Å²) >= 11 is 5.63. The molecule has 8 heteroatoms. The second-order valence-corrected chi connectivity index (χ2v) is 5.84. The molecule has 0 bridgehead atoms. The van der Waals surface area contributed by atoms with Gasteiger partial charge in [0, 0.05) is 5.56 Å². The molecule has 2 rings (SSSR count). The second kappa shape index (κ2) is 5.58. The van der Waals surface area contributed by atoms with Gasteiger partial charge in [0.1, 0.15) is 5.15 Å². The van der Waals surface area contributed by atoms with Crippen LogP contribution in [0, 0.1) is 0 Å². The van der Waals surface area contributed by atoms with E-state index in [1.807, 2.05) is 0 Å². The predicted molar refractivity (Wildman–Crippen MR) is 75.0 cm³/mol. The molecule has 0 aliphatic heterocycles. The number of sulfonamides is 1. The lowest BCUT2D eigenvalue weighted by Crippen LogP contribution is -2.14. The maximum atomic E-state index is 11.9. The highest BCUT2D eigenvalue weighted by molar-refractivity contribution is 7.89. The molecule has 0 fully saturated rings. The number of hydrogen-bond acceptors (Lipinski definition) is 4. The SMILES string of the molecule is NS(=O)(=O)c1ccc(C(=O)Nc2ccc(Cl)nc2)cc1. The zero-order valence-electron chi connectivity index (χ0n) is 10.1. The molecule has 104 valence electrons. The topological polar surface area (TPSA) is 102 Å². The summed E-state index contributed by atoms with van der Waals surface area (Å²) in [4.78, 5) is 15.7. The van der Waals surface area contributed by atoms with E-state index in [1.165, 1.54) is 30.5 Å².